The summed E-state index contributed by atoms with van der Waals surface area (Å²) < 4.78 is 18.6. The van der Waals surface area contributed by atoms with Crippen LogP contribution in [0.3, 0.4) is 0 Å². The molecule has 2 heterocycles. The number of ketones is 2. The van der Waals surface area contributed by atoms with E-state index in [0.717, 1.165) is 5.56 Å². The van der Waals surface area contributed by atoms with E-state index in [2.05, 4.69) is 10.3 Å². The molecule has 0 N–H and O–H groups in total. The zero-order chi connectivity index (χ0) is 23.1. The van der Waals surface area contributed by atoms with Crippen LogP contribution in [0.15, 0.2) is 59.8 Å². The Morgan fingerprint density at radius 2 is 1.73 bits per heavy atom. The average molecular weight is 445 g/mol. The maximum Gasteiger partial charge on any atom is 0.196 e. The normalized spacial score (nSPS) is 19.8. The van der Waals surface area contributed by atoms with Gasteiger partial charge in [-0.05, 0) is 25.1 Å². The average Bonchev–Trinajstić information content (AvgIpc) is 3.29. The minimum absolute atomic E-state index is 0.146. The van der Waals surface area contributed by atoms with E-state index in [1.54, 1.807) is 36.9 Å². The first-order valence-electron chi connectivity index (χ1n) is 10.7. The Bertz CT molecular complexity index is 1290. The molecule has 1 aliphatic heterocycles. The molecule has 5 rings (SSSR count). The van der Waals surface area contributed by atoms with Gasteiger partial charge in [-0.2, -0.15) is 0 Å². The molecule has 2 aliphatic rings. The summed E-state index contributed by atoms with van der Waals surface area (Å²) in [6.45, 7) is 2.20. The molecule has 0 bridgehead atoms. The number of Topliss-reactive ketones (excluding diaryl/α,β-unsaturated/α-hetero) is 2. The van der Waals surface area contributed by atoms with Crippen molar-refractivity contribution in [2.45, 2.75) is 32.1 Å². The number of fused-ring (bicyclic) bond motifs is 1. The molecular formula is C25H23N3O5. The van der Waals surface area contributed by atoms with Gasteiger partial charge < -0.3 is 14.2 Å². The van der Waals surface area contributed by atoms with E-state index in [-0.39, 0.29) is 17.7 Å². The van der Waals surface area contributed by atoms with Gasteiger partial charge in [0.1, 0.15) is 17.2 Å². The Labute approximate surface area is 190 Å². The highest BCUT2D eigenvalue weighted by atomic mass is 16.5. The number of carbonyl (C=O) groups excluding carboxylic acids is 2. The Balaban J connectivity index is 1.41. The van der Waals surface area contributed by atoms with Gasteiger partial charge in [0.15, 0.2) is 11.6 Å². The van der Waals surface area contributed by atoms with Crippen molar-refractivity contribution in [2.75, 3.05) is 14.2 Å². The van der Waals surface area contributed by atoms with E-state index in [4.69, 9.17) is 14.2 Å². The number of nitrogens with zero attached hydrogens (tertiary/aromatic N) is 3. The lowest BCUT2D eigenvalue weighted by Crippen LogP contribution is -2.39. The number of hydrogen-bond acceptors (Lipinski definition) is 7. The molecule has 2 aromatic carbocycles. The molecule has 0 unspecified atom stereocenters. The van der Waals surface area contributed by atoms with E-state index >= 15 is 0 Å². The maximum atomic E-state index is 13.3. The van der Waals surface area contributed by atoms with Gasteiger partial charge in [-0.25, -0.2) is 4.68 Å². The number of aromatic nitrogens is 3. The van der Waals surface area contributed by atoms with Crippen molar-refractivity contribution < 1.29 is 23.8 Å². The summed E-state index contributed by atoms with van der Waals surface area (Å²) >= 11 is 0. The van der Waals surface area contributed by atoms with Gasteiger partial charge in [0.2, 0.25) is 0 Å². The fourth-order valence-electron chi connectivity index (χ4n) is 4.63. The Kier molecular flexibility index (Phi) is 5.30. The Morgan fingerprint density at radius 1 is 1.00 bits per heavy atom. The summed E-state index contributed by atoms with van der Waals surface area (Å²) in [6, 6.07) is 12.7. The van der Waals surface area contributed by atoms with Crippen LogP contribution in [-0.4, -0.2) is 53.0 Å². The van der Waals surface area contributed by atoms with Gasteiger partial charge in [-0.15, -0.1) is 5.10 Å². The molecule has 8 heteroatoms. The van der Waals surface area contributed by atoms with Gasteiger partial charge in [-0.1, -0.05) is 29.5 Å². The van der Waals surface area contributed by atoms with Crippen molar-refractivity contribution in [2.24, 2.45) is 0 Å². The van der Waals surface area contributed by atoms with Crippen molar-refractivity contribution in [3.8, 4) is 22.8 Å². The number of para-hydroxylation sites is 1. The van der Waals surface area contributed by atoms with Crippen LogP contribution in [0.4, 0.5) is 0 Å². The lowest BCUT2D eigenvalue weighted by molar-refractivity contribution is -0.00652. The number of benzene rings is 2. The third-order valence-electron chi connectivity index (χ3n) is 6.11. The molecule has 8 nitrogen and oxygen atoms in total. The highest BCUT2D eigenvalue weighted by Gasteiger charge is 2.41. The predicted molar refractivity (Wildman–Crippen MR) is 120 cm³/mol. The third kappa shape index (κ3) is 3.52. The van der Waals surface area contributed by atoms with Gasteiger partial charge in [0, 0.05) is 28.7 Å². The minimum atomic E-state index is -0.523. The molecule has 0 saturated carbocycles. The van der Waals surface area contributed by atoms with Crippen LogP contribution in [0.25, 0.3) is 11.3 Å². The van der Waals surface area contributed by atoms with Crippen LogP contribution in [0.2, 0.25) is 0 Å². The molecule has 0 spiro atoms. The molecule has 2 atom stereocenters. The second kappa shape index (κ2) is 8.29. The van der Waals surface area contributed by atoms with Gasteiger partial charge in [0.25, 0.3) is 0 Å². The summed E-state index contributed by atoms with van der Waals surface area (Å²) in [5.41, 5.74) is 3.14. The SMILES string of the molecule is COc1ccccc1-c1cn(C[C@H]2CC3=C(C(=O)c4c(OC)cccc4C3=O)[C@@H](C)O2)nn1. The molecule has 1 aliphatic carbocycles. The van der Waals surface area contributed by atoms with Crippen LogP contribution in [0.5, 0.6) is 11.5 Å². The van der Waals surface area contributed by atoms with Crippen LogP contribution in [0.1, 0.15) is 34.1 Å². The third-order valence-corrected chi connectivity index (χ3v) is 6.11. The zero-order valence-corrected chi connectivity index (χ0v) is 18.6. The fraction of sp³-hybridized carbons (Fsp3) is 0.280. The molecule has 0 saturated heterocycles. The summed E-state index contributed by atoms with van der Waals surface area (Å²) in [7, 11) is 3.10. The molecular weight excluding hydrogens is 422 g/mol. The first kappa shape index (κ1) is 21.1. The fourth-order valence-corrected chi connectivity index (χ4v) is 4.63. The highest BCUT2D eigenvalue weighted by molar-refractivity contribution is 6.28. The smallest absolute Gasteiger partial charge is 0.196 e. The largest absolute Gasteiger partial charge is 0.496 e. The molecule has 0 radical (unpaired) electrons. The van der Waals surface area contributed by atoms with Gasteiger partial charge in [0.05, 0.1) is 44.7 Å². The summed E-state index contributed by atoms with van der Waals surface area (Å²) in [5, 5.41) is 8.50. The molecule has 33 heavy (non-hydrogen) atoms. The van der Waals surface area contributed by atoms with Crippen molar-refractivity contribution in [3.05, 3.63) is 70.9 Å². The second-order valence-electron chi connectivity index (χ2n) is 8.06. The summed E-state index contributed by atoms with van der Waals surface area (Å²) in [6.07, 6.45) is 1.30. The topological polar surface area (TPSA) is 92.5 Å². The Hall–Kier alpha value is -3.78. The van der Waals surface area contributed by atoms with Crippen LogP contribution in [-0.2, 0) is 11.3 Å². The standard InChI is InChI=1S/C25H23N3O5/c1-14-22-18(24(29)17-8-6-10-21(32-3)23(17)25(22)30)11-15(33-14)12-28-13-19(26-27-28)16-7-4-5-9-20(16)31-2/h4-10,13-15H,11-12H2,1-3H3/t14-,15-/m1/s1. The van der Waals surface area contributed by atoms with E-state index in [1.165, 1.54) is 7.11 Å². The zero-order valence-electron chi connectivity index (χ0n) is 18.6. The molecule has 1 aromatic heterocycles. The van der Waals surface area contributed by atoms with Crippen molar-refractivity contribution >= 4 is 11.6 Å². The van der Waals surface area contributed by atoms with Gasteiger partial charge in [-0.3, -0.25) is 9.59 Å². The number of carbonyl (C=O) groups is 2. The van der Waals surface area contributed by atoms with E-state index in [0.29, 0.717) is 52.4 Å². The molecule has 0 fully saturated rings. The van der Waals surface area contributed by atoms with E-state index in [1.807, 2.05) is 30.5 Å². The van der Waals surface area contributed by atoms with Crippen LogP contribution >= 0.6 is 0 Å². The molecule has 168 valence electrons. The van der Waals surface area contributed by atoms with Crippen LogP contribution in [0, 0.1) is 0 Å². The van der Waals surface area contributed by atoms with E-state index < -0.39 is 6.10 Å². The van der Waals surface area contributed by atoms with Crippen molar-refractivity contribution in [3.63, 3.8) is 0 Å². The number of ether oxygens (including phenoxy) is 3. The summed E-state index contributed by atoms with van der Waals surface area (Å²) in [5.74, 6) is 0.759. The minimum Gasteiger partial charge on any atom is -0.496 e. The Morgan fingerprint density at radius 3 is 2.52 bits per heavy atom. The maximum absolute atomic E-state index is 13.3. The second-order valence-corrected chi connectivity index (χ2v) is 8.06. The lowest BCUT2D eigenvalue weighted by atomic mass is 9.78. The molecule has 0 amide bonds. The number of hydrogen-bond donors (Lipinski definition) is 0. The quantitative estimate of drug-likeness (QED) is 0.593. The van der Waals surface area contributed by atoms with Crippen molar-refractivity contribution in [1.29, 1.82) is 0 Å². The summed E-state index contributed by atoms with van der Waals surface area (Å²) in [4.78, 5) is 26.6. The van der Waals surface area contributed by atoms with Crippen molar-refractivity contribution in [1.82, 2.24) is 15.0 Å². The highest BCUT2D eigenvalue weighted by Crippen LogP contribution is 2.39. The lowest BCUT2D eigenvalue weighted by Gasteiger charge is -2.34. The molecule has 3 aromatic rings. The number of methoxy groups -OCH3 is 2. The first-order chi connectivity index (χ1) is 16.0. The predicted octanol–water partition coefficient (Wildman–Crippen LogP) is 3.52. The first-order valence-corrected chi connectivity index (χ1v) is 10.7. The monoisotopic (exact) mass is 445 g/mol. The number of rotatable bonds is 5. The van der Waals surface area contributed by atoms with Gasteiger partial charge >= 0.3 is 0 Å². The van der Waals surface area contributed by atoms with E-state index in [9.17, 15) is 9.59 Å². The van der Waals surface area contributed by atoms with Crippen LogP contribution < -0.4 is 9.47 Å².